The van der Waals surface area contributed by atoms with Crippen LogP contribution >= 0.6 is 0 Å². The van der Waals surface area contributed by atoms with Gasteiger partial charge in [-0.15, -0.1) is 0 Å². The Labute approximate surface area is 199 Å². The molecule has 3 N–H and O–H groups in total. The molecule has 2 aromatic carbocycles. The molecule has 0 bridgehead atoms. The summed E-state index contributed by atoms with van der Waals surface area (Å²) in [5.74, 6) is -0.175. The molecule has 1 aliphatic heterocycles. The Balaban J connectivity index is 1.63. The first kappa shape index (κ1) is 24.0. The standard InChI is InChI=1S/C24H30N4O5S/c1-34(31,32)27-19-8-5-9-21(14-19)28(23(29)18-10-11-18)22(17-6-3-2-4-7-17)16-33-24(30)26-20-12-13-25-15-20/h2-9,14,18,20,22,25,27H,10-13,15-16H2,1H3,(H,26,30)/t20?,22-/m1/s1. The predicted molar refractivity (Wildman–Crippen MR) is 130 cm³/mol. The third kappa shape index (κ3) is 6.48. The van der Waals surface area contributed by atoms with Gasteiger partial charge in [-0.1, -0.05) is 36.4 Å². The molecule has 2 atom stereocenters. The zero-order valence-corrected chi connectivity index (χ0v) is 19.9. The summed E-state index contributed by atoms with van der Waals surface area (Å²) < 4.78 is 31.6. The van der Waals surface area contributed by atoms with E-state index in [0.29, 0.717) is 17.9 Å². The van der Waals surface area contributed by atoms with Crippen molar-refractivity contribution in [2.45, 2.75) is 31.3 Å². The molecule has 0 radical (unpaired) electrons. The molecule has 10 heteroatoms. The number of sulfonamides is 1. The lowest BCUT2D eigenvalue weighted by molar-refractivity contribution is -0.120. The minimum atomic E-state index is -3.49. The maximum Gasteiger partial charge on any atom is 0.407 e. The maximum atomic E-state index is 13.5. The Morgan fingerprint density at radius 1 is 1.12 bits per heavy atom. The number of amides is 2. The smallest absolute Gasteiger partial charge is 0.407 e. The first-order valence-corrected chi connectivity index (χ1v) is 13.3. The molecule has 1 heterocycles. The van der Waals surface area contributed by atoms with Gasteiger partial charge in [-0.3, -0.25) is 9.52 Å². The summed E-state index contributed by atoms with van der Waals surface area (Å²) in [5.41, 5.74) is 1.70. The van der Waals surface area contributed by atoms with Gasteiger partial charge in [-0.05, 0) is 49.6 Å². The SMILES string of the molecule is CS(=O)(=O)Nc1cccc(N(C(=O)C2CC2)[C@H](COC(=O)NC2CCNC2)c2ccccc2)c1. The van der Waals surface area contributed by atoms with E-state index in [-0.39, 0.29) is 24.5 Å². The maximum absolute atomic E-state index is 13.5. The fourth-order valence-electron chi connectivity index (χ4n) is 4.06. The van der Waals surface area contributed by atoms with Crippen LogP contribution in [0, 0.1) is 5.92 Å². The fraction of sp³-hybridized carbons (Fsp3) is 0.417. The normalized spacial score (nSPS) is 18.7. The van der Waals surface area contributed by atoms with Gasteiger partial charge in [-0.2, -0.15) is 0 Å². The van der Waals surface area contributed by atoms with Crippen molar-refractivity contribution in [2.24, 2.45) is 5.92 Å². The van der Waals surface area contributed by atoms with Gasteiger partial charge in [-0.25, -0.2) is 13.2 Å². The van der Waals surface area contributed by atoms with Crippen molar-refractivity contribution in [1.29, 1.82) is 0 Å². The zero-order valence-electron chi connectivity index (χ0n) is 19.1. The summed E-state index contributed by atoms with van der Waals surface area (Å²) in [6.45, 7) is 1.50. The largest absolute Gasteiger partial charge is 0.447 e. The van der Waals surface area contributed by atoms with Gasteiger partial charge in [0.25, 0.3) is 0 Å². The number of ether oxygens (including phenoxy) is 1. The number of rotatable bonds is 9. The van der Waals surface area contributed by atoms with Crippen LogP contribution < -0.4 is 20.3 Å². The second kappa shape index (κ2) is 10.4. The zero-order chi connectivity index (χ0) is 24.1. The number of hydrogen-bond acceptors (Lipinski definition) is 6. The molecule has 0 spiro atoms. The summed E-state index contributed by atoms with van der Waals surface area (Å²) in [4.78, 5) is 27.6. The highest BCUT2D eigenvalue weighted by atomic mass is 32.2. The third-order valence-corrected chi connectivity index (χ3v) is 6.45. The molecule has 34 heavy (non-hydrogen) atoms. The van der Waals surface area contributed by atoms with Crippen LogP contribution in [0.2, 0.25) is 0 Å². The summed E-state index contributed by atoms with van der Waals surface area (Å²) in [5, 5.41) is 6.05. The number of alkyl carbamates (subject to hydrolysis) is 1. The van der Waals surface area contributed by atoms with E-state index in [9.17, 15) is 18.0 Å². The Hall–Kier alpha value is -3.11. The molecule has 1 aliphatic carbocycles. The molecule has 0 aromatic heterocycles. The summed E-state index contributed by atoms with van der Waals surface area (Å²) in [6.07, 6.45) is 2.98. The van der Waals surface area contributed by atoms with E-state index in [4.69, 9.17) is 4.74 Å². The molecule has 1 saturated heterocycles. The van der Waals surface area contributed by atoms with Crippen molar-refractivity contribution < 1.29 is 22.7 Å². The number of carbonyl (C=O) groups excluding carboxylic acids is 2. The third-order valence-electron chi connectivity index (χ3n) is 5.84. The second-order valence-electron chi connectivity index (χ2n) is 8.77. The van der Waals surface area contributed by atoms with Crippen LogP contribution in [0.3, 0.4) is 0 Å². The summed E-state index contributed by atoms with van der Waals surface area (Å²) >= 11 is 0. The van der Waals surface area contributed by atoms with E-state index in [1.807, 2.05) is 30.3 Å². The van der Waals surface area contributed by atoms with E-state index >= 15 is 0 Å². The average molecular weight is 487 g/mol. The Morgan fingerprint density at radius 3 is 2.53 bits per heavy atom. The number of anilines is 2. The molecule has 2 amide bonds. The average Bonchev–Trinajstić information content (AvgIpc) is 3.53. The fourth-order valence-corrected chi connectivity index (χ4v) is 4.61. The molecular formula is C24H30N4O5S. The minimum absolute atomic E-state index is 0.0191. The first-order chi connectivity index (χ1) is 16.3. The van der Waals surface area contributed by atoms with Crippen LogP contribution in [0.25, 0.3) is 0 Å². The molecule has 2 aliphatic rings. The second-order valence-corrected chi connectivity index (χ2v) is 10.5. The van der Waals surface area contributed by atoms with Crippen molar-refractivity contribution in [3.8, 4) is 0 Å². The lowest BCUT2D eigenvalue weighted by Gasteiger charge is -2.32. The summed E-state index contributed by atoms with van der Waals surface area (Å²) in [7, 11) is -3.49. The van der Waals surface area contributed by atoms with E-state index in [0.717, 1.165) is 37.6 Å². The van der Waals surface area contributed by atoms with Crippen molar-refractivity contribution in [1.82, 2.24) is 10.6 Å². The number of carbonyl (C=O) groups is 2. The van der Waals surface area contributed by atoms with E-state index < -0.39 is 22.2 Å². The van der Waals surface area contributed by atoms with Crippen molar-refractivity contribution >= 4 is 33.4 Å². The number of nitrogens with one attached hydrogen (secondary N) is 3. The lowest BCUT2D eigenvalue weighted by Crippen LogP contribution is -2.41. The molecule has 182 valence electrons. The molecule has 1 saturated carbocycles. The van der Waals surface area contributed by atoms with Gasteiger partial charge in [0.05, 0.1) is 18.0 Å². The quantitative estimate of drug-likeness (QED) is 0.502. The predicted octanol–water partition coefficient (Wildman–Crippen LogP) is 2.63. The van der Waals surface area contributed by atoms with Crippen molar-refractivity contribution in [2.75, 3.05) is 35.6 Å². The van der Waals surface area contributed by atoms with Gasteiger partial charge in [0.2, 0.25) is 15.9 Å². The van der Waals surface area contributed by atoms with Crippen LogP contribution in [-0.4, -0.2) is 52.4 Å². The van der Waals surface area contributed by atoms with Crippen LogP contribution in [0.4, 0.5) is 16.2 Å². The topological polar surface area (TPSA) is 117 Å². The Bertz CT molecular complexity index is 1120. The van der Waals surface area contributed by atoms with E-state index in [2.05, 4.69) is 15.4 Å². The summed E-state index contributed by atoms with van der Waals surface area (Å²) in [6, 6.07) is 15.5. The van der Waals surface area contributed by atoms with Gasteiger partial charge >= 0.3 is 6.09 Å². The molecule has 2 fully saturated rings. The highest BCUT2D eigenvalue weighted by Gasteiger charge is 2.38. The first-order valence-electron chi connectivity index (χ1n) is 11.4. The lowest BCUT2D eigenvalue weighted by atomic mass is 10.0. The van der Waals surface area contributed by atoms with Gasteiger partial charge < -0.3 is 20.3 Å². The van der Waals surface area contributed by atoms with Crippen LogP contribution in [0.5, 0.6) is 0 Å². The van der Waals surface area contributed by atoms with E-state index in [1.165, 1.54) is 0 Å². The monoisotopic (exact) mass is 486 g/mol. The van der Waals surface area contributed by atoms with Crippen molar-refractivity contribution in [3.05, 3.63) is 60.2 Å². The molecular weight excluding hydrogens is 456 g/mol. The van der Waals surface area contributed by atoms with Crippen LogP contribution in [0.1, 0.15) is 30.9 Å². The van der Waals surface area contributed by atoms with Crippen LogP contribution in [-0.2, 0) is 19.6 Å². The van der Waals surface area contributed by atoms with E-state index in [1.54, 1.807) is 29.2 Å². The van der Waals surface area contributed by atoms with Gasteiger partial charge in [0, 0.05) is 24.2 Å². The van der Waals surface area contributed by atoms with Crippen LogP contribution in [0.15, 0.2) is 54.6 Å². The Morgan fingerprint density at radius 2 is 1.88 bits per heavy atom. The molecule has 1 unspecified atom stereocenters. The van der Waals surface area contributed by atoms with Gasteiger partial charge in [0.1, 0.15) is 6.61 Å². The minimum Gasteiger partial charge on any atom is -0.447 e. The van der Waals surface area contributed by atoms with Crippen molar-refractivity contribution in [3.63, 3.8) is 0 Å². The highest BCUT2D eigenvalue weighted by Crippen LogP contribution is 2.38. The number of hydrogen-bond donors (Lipinski definition) is 3. The molecule has 9 nitrogen and oxygen atoms in total. The number of benzene rings is 2. The number of nitrogens with zero attached hydrogens (tertiary/aromatic N) is 1. The Kier molecular flexibility index (Phi) is 7.38. The highest BCUT2D eigenvalue weighted by molar-refractivity contribution is 7.92. The molecule has 4 rings (SSSR count). The van der Waals surface area contributed by atoms with Gasteiger partial charge in [0.15, 0.2) is 0 Å². The molecule has 2 aromatic rings.